The second kappa shape index (κ2) is 12.3. The van der Waals surface area contributed by atoms with E-state index in [0.717, 1.165) is 31.4 Å². The average molecular weight is 423 g/mol. The van der Waals surface area contributed by atoms with Crippen LogP contribution in [-0.2, 0) is 17.8 Å². The summed E-state index contributed by atoms with van der Waals surface area (Å²) in [6.45, 7) is 1.57. The highest BCUT2D eigenvalue weighted by atomic mass is 79.9. The zero-order valence-corrected chi connectivity index (χ0v) is 17.0. The van der Waals surface area contributed by atoms with Crippen molar-refractivity contribution in [2.75, 3.05) is 20.8 Å². The van der Waals surface area contributed by atoms with Crippen LogP contribution in [0.4, 0.5) is 0 Å². The molecule has 0 aliphatic carbocycles. The summed E-state index contributed by atoms with van der Waals surface area (Å²) in [6.07, 6.45) is 7.32. The maximum atomic E-state index is 11.9. The van der Waals surface area contributed by atoms with Gasteiger partial charge < -0.3 is 31.8 Å². The minimum atomic E-state index is 0. The molecule has 0 saturated heterocycles. The summed E-state index contributed by atoms with van der Waals surface area (Å²) in [5.74, 6) is 1.54. The van der Waals surface area contributed by atoms with Crippen LogP contribution in [0, 0.1) is 0 Å². The fraction of sp³-hybridized carbons (Fsp3) is 0.400. The second-order valence-corrected chi connectivity index (χ2v) is 5.86. The number of unbranched alkanes of at least 4 members (excludes halogenated alkanes) is 1. The molecule has 0 radical (unpaired) electrons. The fourth-order valence-corrected chi connectivity index (χ4v) is 2.63. The molecule has 2 aromatic rings. The quantitative estimate of drug-likeness (QED) is 0.415. The predicted molar refractivity (Wildman–Crippen MR) is 96.7 cm³/mol. The van der Waals surface area contributed by atoms with Gasteiger partial charge in [-0.2, -0.15) is 0 Å². The number of methoxy groups -OCH3 is 2. The number of nitrogens with one attached hydrogen (secondary N) is 1. The van der Waals surface area contributed by atoms with Crippen LogP contribution in [0.3, 0.4) is 0 Å². The predicted octanol–water partition coefficient (Wildman–Crippen LogP) is -0.475. The zero-order valence-electron chi connectivity index (χ0n) is 15.4. The number of hydrogen-bond acceptors (Lipinski definition) is 3. The summed E-state index contributed by atoms with van der Waals surface area (Å²) in [7, 11) is 3.24. The van der Waals surface area contributed by atoms with Crippen molar-refractivity contribution in [2.24, 2.45) is 0 Å². The number of halogens is 1. The summed E-state index contributed by atoms with van der Waals surface area (Å²) in [5, 5.41) is 2.98. The Balaban J connectivity index is 0.00000338. The molecule has 0 bridgehead atoms. The van der Waals surface area contributed by atoms with Gasteiger partial charge in [0.05, 0.1) is 14.2 Å². The summed E-state index contributed by atoms with van der Waals surface area (Å²) in [6, 6.07) is 11.9. The van der Waals surface area contributed by atoms with Gasteiger partial charge in [0.1, 0.15) is 6.54 Å². The van der Waals surface area contributed by atoms with Gasteiger partial charge in [-0.1, -0.05) is 12.1 Å². The Morgan fingerprint density at radius 3 is 2.46 bits per heavy atom. The summed E-state index contributed by atoms with van der Waals surface area (Å²) >= 11 is 0. The van der Waals surface area contributed by atoms with Gasteiger partial charge in [-0.3, -0.25) is 4.79 Å². The van der Waals surface area contributed by atoms with Gasteiger partial charge in [0.25, 0.3) is 0 Å². The van der Waals surface area contributed by atoms with Crippen LogP contribution in [0.5, 0.6) is 11.5 Å². The highest BCUT2D eigenvalue weighted by molar-refractivity contribution is 5.75. The van der Waals surface area contributed by atoms with E-state index in [1.807, 2.05) is 48.8 Å². The smallest absolute Gasteiger partial charge is 0.220 e. The third-order valence-corrected chi connectivity index (χ3v) is 4.03. The molecule has 0 aliphatic rings. The normalized spacial score (nSPS) is 9.92. The topological polar surface area (TPSA) is 51.4 Å². The van der Waals surface area contributed by atoms with Gasteiger partial charge in [0.2, 0.25) is 5.91 Å². The van der Waals surface area contributed by atoms with E-state index in [1.165, 1.54) is 0 Å². The number of ether oxygens (including phenoxy) is 2. The molecule has 0 saturated carbocycles. The van der Waals surface area contributed by atoms with Crippen molar-refractivity contribution in [3.8, 4) is 11.5 Å². The Morgan fingerprint density at radius 1 is 1.04 bits per heavy atom. The lowest BCUT2D eigenvalue weighted by Gasteiger charge is -2.10. The Hall–Kier alpha value is -2.08. The number of benzene rings is 1. The molecule has 1 amide bonds. The number of hydrogen-bond donors (Lipinski definition) is 1. The third kappa shape index (κ3) is 7.44. The van der Waals surface area contributed by atoms with Crippen molar-refractivity contribution in [1.82, 2.24) is 5.32 Å². The van der Waals surface area contributed by atoms with Gasteiger partial charge >= 0.3 is 0 Å². The maximum Gasteiger partial charge on any atom is 0.220 e. The van der Waals surface area contributed by atoms with Crippen molar-refractivity contribution in [3.05, 3.63) is 54.4 Å². The van der Waals surface area contributed by atoms with E-state index >= 15 is 0 Å². The first kappa shape index (κ1) is 22.0. The van der Waals surface area contributed by atoms with Crippen molar-refractivity contribution < 1.29 is 35.8 Å². The van der Waals surface area contributed by atoms with Crippen molar-refractivity contribution >= 4 is 5.91 Å². The summed E-state index contributed by atoms with van der Waals surface area (Å²) in [5.41, 5.74) is 1.11. The van der Waals surface area contributed by atoms with Gasteiger partial charge in [-0.15, -0.1) is 0 Å². The first-order chi connectivity index (χ1) is 12.2. The van der Waals surface area contributed by atoms with Crippen molar-refractivity contribution in [3.63, 3.8) is 0 Å². The third-order valence-electron chi connectivity index (χ3n) is 4.03. The number of nitrogens with zero attached hydrogens (tertiary/aromatic N) is 1. The number of rotatable bonds is 10. The largest absolute Gasteiger partial charge is 1.00 e. The molecule has 5 nitrogen and oxygen atoms in total. The maximum absolute atomic E-state index is 11.9. The highest BCUT2D eigenvalue weighted by Gasteiger charge is 2.06. The van der Waals surface area contributed by atoms with E-state index in [4.69, 9.17) is 9.47 Å². The number of amides is 1. The van der Waals surface area contributed by atoms with Gasteiger partial charge in [0.15, 0.2) is 23.9 Å². The SMILES string of the molecule is COc1ccc(CCNC(=O)CCCC[n+]2ccccc2)cc1OC.[Br-]. The van der Waals surface area contributed by atoms with Crippen LogP contribution in [-0.4, -0.2) is 26.7 Å². The average Bonchev–Trinajstić information content (AvgIpc) is 2.66. The standard InChI is InChI=1S/C20H26N2O3.BrH/c1-24-18-10-9-17(16-19(18)25-2)11-12-21-20(23)8-4-7-15-22-13-5-3-6-14-22;/h3,5-6,9-10,13-14,16H,4,7-8,11-12,15H2,1-2H3;1H. The van der Waals surface area contributed by atoms with Crippen molar-refractivity contribution in [1.29, 1.82) is 0 Å². The molecule has 0 fully saturated rings. The minimum Gasteiger partial charge on any atom is -1.00 e. The van der Waals surface area contributed by atoms with E-state index < -0.39 is 0 Å². The molecular weight excluding hydrogens is 396 g/mol. The second-order valence-electron chi connectivity index (χ2n) is 5.86. The molecule has 1 N–H and O–H groups in total. The molecule has 2 rings (SSSR count). The fourth-order valence-electron chi connectivity index (χ4n) is 2.63. The number of carbonyl (C=O) groups excluding carboxylic acids is 1. The molecule has 0 unspecified atom stereocenters. The lowest BCUT2D eigenvalue weighted by Crippen LogP contribution is -3.00. The molecule has 6 heteroatoms. The highest BCUT2D eigenvalue weighted by Crippen LogP contribution is 2.27. The molecule has 0 aliphatic heterocycles. The van der Waals surface area contributed by atoms with E-state index in [0.29, 0.717) is 24.5 Å². The molecule has 0 spiro atoms. The monoisotopic (exact) mass is 422 g/mol. The first-order valence-electron chi connectivity index (χ1n) is 8.64. The number of aromatic nitrogens is 1. The first-order valence-corrected chi connectivity index (χ1v) is 8.64. The van der Waals surface area contributed by atoms with Crippen molar-refractivity contribution in [2.45, 2.75) is 32.2 Å². The number of carbonyl (C=O) groups is 1. The van der Waals surface area contributed by atoms with Gasteiger partial charge in [-0.05, 0) is 30.5 Å². The molecule has 26 heavy (non-hydrogen) atoms. The number of pyridine rings is 1. The van der Waals surface area contributed by atoms with Gasteiger partial charge in [-0.25, -0.2) is 4.57 Å². The molecular formula is C20H27BrN2O3. The lowest BCUT2D eigenvalue weighted by atomic mass is 10.1. The molecule has 1 aromatic heterocycles. The lowest BCUT2D eigenvalue weighted by molar-refractivity contribution is -0.697. The van der Waals surface area contributed by atoms with E-state index in [2.05, 4.69) is 9.88 Å². The van der Waals surface area contributed by atoms with Crippen LogP contribution in [0.2, 0.25) is 0 Å². The van der Waals surface area contributed by atoms with Crippen LogP contribution >= 0.6 is 0 Å². The minimum absolute atomic E-state index is 0. The Morgan fingerprint density at radius 2 is 1.77 bits per heavy atom. The Kier molecular flexibility index (Phi) is 10.4. The summed E-state index contributed by atoms with van der Waals surface area (Å²) < 4.78 is 12.7. The Bertz CT molecular complexity index is 665. The molecule has 0 atom stereocenters. The van der Waals surface area contributed by atoms with Crippen LogP contribution < -0.4 is 36.3 Å². The Labute approximate surface area is 166 Å². The summed E-state index contributed by atoms with van der Waals surface area (Å²) in [4.78, 5) is 11.9. The van der Waals surface area contributed by atoms with Crippen LogP contribution in [0.1, 0.15) is 24.8 Å². The van der Waals surface area contributed by atoms with Gasteiger partial charge in [0, 0.05) is 31.5 Å². The van der Waals surface area contributed by atoms with E-state index in [1.54, 1.807) is 14.2 Å². The van der Waals surface area contributed by atoms with E-state index in [-0.39, 0.29) is 22.9 Å². The van der Waals surface area contributed by atoms with E-state index in [9.17, 15) is 4.79 Å². The number of aryl methyl sites for hydroxylation is 1. The zero-order chi connectivity index (χ0) is 17.9. The van der Waals surface area contributed by atoms with Crippen LogP contribution in [0.25, 0.3) is 0 Å². The molecule has 1 aromatic carbocycles. The molecule has 1 heterocycles. The molecule has 142 valence electrons. The van der Waals surface area contributed by atoms with Crippen LogP contribution in [0.15, 0.2) is 48.8 Å².